The van der Waals surface area contributed by atoms with Crippen LogP contribution in [-0.2, 0) is 19.1 Å². The molecule has 1 aromatic carbocycles. The molecule has 0 bridgehead atoms. The van der Waals surface area contributed by atoms with Crippen LogP contribution in [0.1, 0.15) is 16.8 Å². The zero-order chi connectivity index (χ0) is 15.9. The van der Waals surface area contributed by atoms with E-state index in [1.165, 1.54) is 24.3 Å². The Bertz CT molecular complexity index is 706. The van der Waals surface area contributed by atoms with Crippen molar-refractivity contribution >= 4 is 17.7 Å². The molecule has 0 amide bonds. The third-order valence-electron chi connectivity index (χ3n) is 3.64. The molecule has 0 spiro atoms. The minimum Gasteiger partial charge on any atom is -0.507 e. The Morgan fingerprint density at radius 2 is 2.18 bits per heavy atom. The maximum Gasteiger partial charge on any atom is 0.355 e. The molecule has 7 heteroatoms. The third-order valence-corrected chi connectivity index (χ3v) is 3.64. The van der Waals surface area contributed by atoms with Crippen LogP contribution in [0.3, 0.4) is 0 Å². The Morgan fingerprint density at radius 3 is 2.82 bits per heavy atom. The first kappa shape index (κ1) is 14.1. The van der Waals surface area contributed by atoms with Crippen LogP contribution in [-0.4, -0.2) is 41.6 Å². The predicted octanol–water partition coefficient (Wildman–Crippen LogP) is 0.751. The van der Waals surface area contributed by atoms with E-state index in [-0.39, 0.29) is 17.1 Å². The molecule has 0 radical (unpaired) electrons. The number of phenols is 1. The molecular weight excluding hydrogens is 292 g/mol. The summed E-state index contributed by atoms with van der Waals surface area (Å²) in [5.41, 5.74) is -1.80. The van der Waals surface area contributed by atoms with E-state index in [2.05, 4.69) is 0 Å². The first-order chi connectivity index (χ1) is 10.5. The number of benzene rings is 1. The maximum atomic E-state index is 12.4. The van der Waals surface area contributed by atoms with Crippen molar-refractivity contribution in [3.8, 4) is 11.5 Å². The number of Topliss-reactive ketones (excluding diaryl/α,β-unsaturated/α-hetero) is 1. The number of ether oxygens (including phenoxy) is 3. The molecule has 0 aliphatic carbocycles. The fraction of sp³-hybridized carbons (Fsp3) is 0.267. The summed E-state index contributed by atoms with van der Waals surface area (Å²) in [5.74, 6) is -2.16. The van der Waals surface area contributed by atoms with E-state index >= 15 is 0 Å². The van der Waals surface area contributed by atoms with E-state index in [0.717, 1.165) is 13.2 Å². The van der Waals surface area contributed by atoms with Gasteiger partial charge in [0.2, 0.25) is 0 Å². The molecule has 2 aliphatic rings. The highest BCUT2D eigenvalue weighted by molar-refractivity contribution is 6.06. The van der Waals surface area contributed by atoms with Gasteiger partial charge in [0.25, 0.3) is 5.60 Å². The molecule has 3 rings (SSSR count). The topological polar surface area (TPSA) is 99.1 Å². The van der Waals surface area contributed by atoms with Crippen molar-refractivity contribution in [1.82, 2.24) is 0 Å². The van der Waals surface area contributed by atoms with Crippen molar-refractivity contribution in [3.05, 3.63) is 35.9 Å². The van der Waals surface area contributed by atoms with Crippen LogP contribution >= 0.6 is 0 Å². The normalized spacial score (nSPS) is 26.1. The monoisotopic (exact) mass is 304 g/mol. The van der Waals surface area contributed by atoms with Gasteiger partial charge in [-0.1, -0.05) is 6.07 Å². The van der Waals surface area contributed by atoms with Crippen molar-refractivity contribution < 1.29 is 33.7 Å². The summed E-state index contributed by atoms with van der Waals surface area (Å²) in [6.45, 7) is 0. The molecule has 1 N–H and O–H groups in total. The van der Waals surface area contributed by atoms with Crippen molar-refractivity contribution in [1.29, 1.82) is 0 Å². The smallest absolute Gasteiger partial charge is 0.355 e. The average Bonchev–Trinajstić information content (AvgIpc) is 2.93. The van der Waals surface area contributed by atoms with E-state index < -0.39 is 35.8 Å². The third kappa shape index (κ3) is 1.93. The second kappa shape index (κ2) is 4.87. The Morgan fingerprint density at radius 1 is 1.41 bits per heavy atom. The Labute approximate surface area is 125 Å². The number of carbonyl (C=O) groups is 3. The minimum atomic E-state index is -1.80. The number of rotatable bonds is 2. The van der Waals surface area contributed by atoms with E-state index in [9.17, 15) is 19.5 Å². The van der Waals surface area contributed by atoms with Crippen molar-refractivity contribution in [2.75, 3.05) is 7.11 Å². The molecular formula is C15H12O7. The fourth-order valence-electron chi connectivity index (χ4n) is 2.63. The lowest BCUT2D eigenvalue weighted by molar-refractivity contribution is -0.173. The van der Waals surface area contributed by atoms with Crippen LogP contribution in [0.2, 0.25) is 0 Å². The van der Waals surface area contributed by atoms with Gasteiger partial charge in [0.1, 0.15) is 17.1 Å². The van der Waals surface area contributed by atoms with Gasteiger partial charge in [0.15, 0.2) is 11.9 Å². The van der Waals surface area contributed by atoms with E-state index in [0.29, 0.717) is 0 Å². The number of carbonyl (C=O) groups excluding carboxylic acids is 3. The molecule has 1 aromatic rings. The van der Waals surface area contributed by atoms with Crippen LogP contribution < -0.4 is 4.74 Å². The highest BCUT2D eigenvalue weighted by atomic mass is 16.6. The highest BCUT2D eigenvalue weighted by Gasteiger charge is 2.56. The SMILES string of the molecule is COC(=O)[C@]1([C@H]2C=CC(=O)O2)CC(=O)c2c(O)cccc2O1. The van der Waals surface area contributed by atoms with Gasteiger partial charge in [-0.3, -0.25) is 4.79 Å². The van der Waals surface area contributed by atoms with Crippen LogP contribution in [0.5, 0.6) is 11.5 Å². The molecule has 2 atom stereocenters. The standard InChI is InChI=1S/C15H12O7/c1-20-14(19)15(11-5-6-12(18)21-11)7-9(17)13-8(16)3-2-4-10(13)22-15/h2-6,11,16H,7H2,1H3/t11-,15-/m1/s1. The summed E-state index contributed by atoms with van der Waals surface area (Å²) >= 11 is 0. The van der Waals surface area contributed by atoms with Gasteiger partial charge in [0.05, 0.1) is 13.5 Å². The number of esters is 2. The molecule has 114 valence electrons. The molecule has 2 heterocycles. The van der Waals surface area contributed by atoms with Gasteiger partial charge in [-0.2, -0.15) is 0 Å². The minimum absolute atomic E-state index is 0.00432. The molecule has 0 saturated carbocycles. The van der Waals surface area contributed by atoms with E-state index in [4.69, 9.17) is 14.2 Å². The molecule has 0 fully saturated rings. The van der Waals surface area contributed by atoms with Gasteiger partial charge < -0.3 is 19.3 Å². The zero-order valence-electron chi connectivity index (χ0n) is 11.6. The van der Waals surface area contributed by atoms with Gasteiger partial charge in [-0.05, 0) is 18.2 Å². The second-order valence-electron chi connectivity index (χ2n) is 4.95. The molecule has 2 aliphatic heterocycles. The number of methoxy groups -OCH3 is 1. The van der Waals surface area contributed by atoms with Gasteiger partial charge in [0, 0.05) is 6.08 Å². The lowest BCUT2D eigenvalue weighted by Gasteiger charge is -2.37. The number of aromatic hydroxyl groups is 1. The molecule has 0 unspecified atom stereocenters. The molecule has 0 aromatic heterocycles. The Balaban J connectivity index is 2.10. The van der Waals surface area contributed by atoms with E-state index in [1.807, 2.05) is 0 Å². The van der Waals surface area contributed by atoms with Crippen LogP contribution in [0.25, 0.3) is 0 Å². The lowest BCUT2D eigenvalue weighted by Crippen LogP contribution is -2.57. The number of hydrogen-bond acceptors (Lipinski definition) is 7. The first-order valence-corrected chi connectivity index (χ1v) is 6.49. The van der Waals surface area contributed by atoms with Crippen LogP contribution in [0.4, 0.5) is 0 Å². The summed E-state index contributed by atoms with van der Waals surface area (Å²) in [6, 6.07) is 4.27. The van der Waals surface area contributed by atoms with Gasteiger partial charge in [-0.25, -0.2) is 9.59 Å². The Kier molecular flexibility index (Phi) is 3.13. The number of hydrogen-bond donors (Lipinski definition) is 1. The average molecular weight is 304 g/mol. The summed E-state index contributed by atoms with van der Waals surface area (Å²) < 4.78 is 15.4. The van der Waals surface area contributed by atoms with Crippen molar-refractivity contribution in [3.63, 3.8) is 0 Å². The fourth-order valence-corrected chi connectivity index (χ4v) is 2.63. The number of ketones is 1. The maximum absolute atomic E-state index is 12.4. The first-order valence-electron chi connectivity index (χ1n) is 6.49. The van der Waals surface area contributed by atoms with Crippen molar-refractivity contribution in [2.45, 2.75) is 18.1 Å². The quantitative estimate of drug-likeness (QED) is 0.805. The van der Waals surface area contributed by atoms with E-state index in [1.54, 1.807) is 0 Å². The number of phenolic OH excluding ortho intramolecular Hbond substituents is 1. The molecule has 0 saturated heterocycles. The van der Waals surface area contributed by atoms with Crippen molar-refractivity contribution in [2.24, 2.45) is 0 Å². The van der Waals surface area contributed by atoms with Crippen LogP contribution in [0.15, 0.2) is 30.4 Å². The van der Waals surface area contributed by atoms with Gasteiger partial charge in [-0.15, -0.1) is 0 Å². The van der Waals surface area contributed by atoms with Crippen LogP contribution in [0, 0.1) is 0 Å². The second-order valence-corrected chi connectivity index (χ2v) is 4.95. The number of cyclic esters (lactones) is 1. The summed E-state index contributed by atoms with van der Waals surface area (Å²) in [5, 5.41) is 9.78. The summed E-state index contributed by atoms with van der Waals surface area (Å²) in [7, 11) is 1.15. The highest BCUT2D eigenvalue weighted by Crippen LogP contribution is 2.41. The molecule has 22 heavy (non-hydrogen) atoms. The Hall–Kier alpha value is -2.83. The zero-order valence-corrected chi connectivity index (χ0v) is 11.6. The molecule has 7 nitrogen and oxygen atoms in total. The summed E-state index contributed by atoms with van der Waals surface area (Å²) in [6.07, 6.45) is 1.01. The van der Waals surface area contributed by atoms with Gasteiger partial charge >= 0.3 is 11.9 Å². The number of fused-ring (bicyclic) bond motifs is 1. The summed E-state index contributed by atoms with van der Waals surface area (Å²) in [4.78, 5) is 35.9. The predicted molar refractivity (Wildman–Crippen MR) is 71.4 cm³/mol. The lowest BCUT2D eigenvalue weighted by atomic mass is 9.85. The largest absolute Gasteiger partial charge is 0.507 e.